The third-order valence-corrected chi connectivity index (χ3v) is 3.87. The Morgan fingerprint density at radius 1 is 1.48 bits per heavy atom. The predicted octanol–water partition coefficient (Wildman–Crippen LogP) is 3.53. The van der Waals surface area contributed by atoms with Crippen LogP contribution in [0.5, 0.6) is 5.75 Å². The van der Waals surface area contributed by atoms with Crippen molar-refractivity contribution in [1.29, 1.82) is 0 Å². The molecule has 1 amide bonds. The molecule has 0 atom stereocenters. The average molecular weight is 309 g/mol. The van der Waals surface area contributed by atoms with E-state index in [9.17, 15) is 9.18 Å². The summed E-state index contributed by atoms with van der Waals surface area (Å²) in [6, 6.07) is 3.43. The van der Waals surface area contributed by atoms with E-state index in [1.54, 1.807) is 18.3 Å². The van der Waals surface area contributed by atoms with Gasteiger partial charge in [0.2, 0.25) is 0 Å². The number of carbonyl (C=O) groups is 1. The molecule has 0 unspecified atom stereocenters. The fourth-order valence-corrected chi connectivity index (χ4v) is 2.74. The third kappa shape index (κ3) is 2.49. The number of benzene rings is 1. The molecule has 1 aromatic carbocycles. The molecule has 0 saturated heterocycles. The van der Waals surface area contributed by atoms with Crippen molar-refractivity contribution < 1.29 is 13.9 Å². The van der Waals surface area contributed by atoms with Crippen molar-refractivity contribution >= 4 is 28.4 Å². The molecule has 0 saturated carbocycles. The molecule has 1 aliphatic heterocycles. The number of carbonyl (C=O) groups excluding carboxylic acids is 1. The maximum absolute atomic E-state index is 13.3. The lowest BCUT2D eigenvalue weighted by atomic mass is 10.1. The lowest BCUT2D eigenvalue weighted by Gasteiger charge is -2.24. The molecule has 0 aliphatic carbocycles. The van der Waals surface area contributed by atoms with Crippen molar-refractivity contribution in [3.05, 3.63) is 40.8 Å². The van der Waals surface area contributed by atoms with Crippen LogP contribution in [0, 0.1) is 0 Å². The highest BCUT2D eigenvalue weighted by Gasteiger charge is 2.22. The number of nitrogens with one attached hydrogen (secondary N) is 1. The van der Waals surface area contributed by atoms with Crippen LogP contribution in [0.15, 0.2) is 30.2 Å². The molecule has 1 aromatic heterocycles. The molecule has 0 spiro atoms. The fraction of sp³-hybridized carbons (Fsp3) is 0.267. The van der Waals surface area contributed by atoms with Crippen LogP contribution in [-0.4, -0.2) is 36.0 Å². The summed E-state index contributed by atoms with van der Waals surface area (Å²) in [4.78, 5) is 17.1. The van der Waals surface area contributed by atoms with Crippen LogP contribution in [-0.2, 0) is 0 Å². The Kier molecular flexibility index (Phi) is 3.59. The van der Waals surface area contributed by atoms with Crippen LogP contribution in [0.1, 0.15) is 16.8 Å². The quantitative estimate of drug-likeness (QED) is 0.922. The number of hydrogen-bond donors (Lipinski definition) is 1. The van der Waals surface area contributed by atoms with Gasteiger partial charge in [-0.25, -0.2) is 4.39 Å². The van der Waals surface area contributed by atoms with Crippen molar-refractivity contribution in [2.75, 3.05) is 20.2 Å². The number of H-pyrrole nitrogens is 1. The molecule has 2 heterocycles. The van der Waals surface area contributed by atoms with Gasteiger partial charge >= 0.3 is 0 Å². The number of aromatic nitrogens is 1. The number of hydrogen-bond acceptors (Lipinski definition) is 2. The first-order chi connectivity index (χ1) is 10.1. The Morgan fingerprint density at radius 3 is 3.00 bits per heavy atom. The Morgan fingerprint density at radius 2 is 2.29 bits per heavy atom. The second-order valence-electron chi connectivity index (χ2n) is 4.90. The van der Waals surface area contributed by atoms with E-state index in [-0.39, 0.29) is 18.3 Å². The number of methoxy groups -OCH3 is 1. The van der Waals surface area contributed by atoms with Gasteiger partial charge in [0.1, 0.15) is 11.6 Å². The summed E-state index contributed by atoms with van der Waals surface area (Å²) in [5.41, 5.74) is 1.24. The minimum absolute atomic E-state index is 0.0240. The first kappa shape index (κ1) is 13.9. The number of rotatable bonds is 2. The molecule has 4 nitrogen and oxygen atoms in total. The van der Waals surface area contributed by atoms with Gasteiger partial charge in [-0.3, -0.25) is 4.79 Å². The zero-order valence-electron chi connectivity index (χ0n) is 11.5. The molecule has 1 N–H and O–H groups in total. The van der Waals surface area contributed by atoms with E-state index in [4.69, 9.17) is 16.3 Å². The monoisotopic (exact) mass is 308 g/mol. The van der Waals surface area contributed by atoms with Crippen LogP contribution < -0.4 is 4.74 Å². The van der Waals surface area contributed by atoms with Crippen LogP contribution in [0.3, 0.4) is 0 Å². The maximum atomic E-state index is 13.3. The minimum Gasteiger partial charge on any atom is -0.495 e. The Balaban J connectivity index is 2.00. The SMILES string of the molecule is COc1cc2c(C(=O)N3CCC=C(F)C3)c[nH]c2cc1Cl. The van der Waals surface area contributed by atoms with Crippen LogP contribution in [0.4, 0.5) is 4.39 Å². The molecular weight excluding hydrogens is 295 g/mol. The van der Waals surface area contributed by atoms with Gasteiger partial charge in [-0.1, -0.05) is 11.6 Å². The van der Waals surface area contributed by atoms with Gasteiger partial charge in [0.15, 0.2) is 0 Å². The van der Waals surface area contributed by atoms with Gasteiger partial charge in [-0.15, -0.1) is 0 Å². The molecule has 2 aromatic rings. The van der Waals surface area contributed by atoms with E-state index in [1.807, 2.05) is 0 Å². The lowest BCUT2D eigenvalue weighted by Crippen LogP contribution is -2.35. The van der Waals surface area contributed by atoms with E-state index < -0.39 is 0 Å². The Bertz CT molecular complexity index is 739. The van der Waals surface area contributed by atoms with Gasteiger partial charge in [0.05, 0.1) is 24.2 Å². The third-order valence-electron chi connectivity index (χ3n) is 3.58. The first-order valence-corrected chi connectivity index (χ1v) is 6.96. The van der Waals surface area contributed by atoms with E-state index in [0.29, 0.717) is 29.3 Å². The molecule has 0 bridgehead atoms. The van der Waals surface area contributed by atoms with Gasteiger partial charge in [0, 0.05) is 23.6 Å². The molecule has 3 rings (SSSR count). The number of ether oxygens (including phenoxy) is 1. The number of nitrogens with zero attached hydrogens (tertiary/aromatic N) is 1. The molecule has 0 fully saturated rings. The lowest BCUT2D eigenvalue weighted by molar-refractivity contribution is 0.0757. The molecular formula is C15H14ClFN2O2. The van der Waals surface area contributed by atoms with Gasteiger partial charge < -0.3 is 14.6 Å². The highest BCUT2D eigenvalue weighted by atomic mass is 35.5. The molecule has 21 heavy (non-hydrogen) atoms. The summed E-state index contributed by atoms with van der Waals surface area (Å²) in [5.74, 6) is 0.0338. The summed E-state index contributed by atoms with van der Waals surface area (Å²) >= 11 is 6.06. The van der Waals surface area contributed by atoms with Gasteiger partial charge in [-0.2, -0.15) is 0 Å². The summed E-state index contributed by atoms with van der Waals surface area (Å²) in [5, 5.41) is 1.19. The fourth-order valence-electron chi connectivity index (χ4n) is 2.50. The standard InChI is InChI=1S/C15H14ClFN2O2/c1-21-14-5-10-11(7-18-13(10)6-12(14)16)15(20)19-4-2-3-9(17)8-19/h3,5-7,18H,2,4,8H2,1H3. The van der Waals surface area contributed by atoms with E-state index in [0.717, 1.165) is 10.9 Å². The largest absolute Gasteiger partial charge is 0.495 e. The highest BCUT2D eigenvalue weighted by Crippen LogP contribution is 2.32. The second kappa shape index (κ2) is 5.41. The number of halogens is 2. The van der Waals surface area contributed by atoms with Crippen LogP contribution >= 0.6 is 11.6 Å². The van der Waals surface area contributed by atoms with E-state index in [2.05, 4.69) is 4.98 Å². The van der Waals surface area contributed by atoms with Gasteiger partial charge in [-0.05, 0) is 24.6 Å². The Labute approximate surface area is 126 Å². The number of aromatic amines is 1. The molecule has 6 heteroatoms. The Hall–Kier alpha value is -2.01. The maximum Gasteiger partial charge on any atom is 0.256 e. The molecule has 110 valence electrons. The molecule has 0 radical (unpaired) electrons. The van der Waals surface area contributed by atoms with Crippen molar-refractivity contribution in [1.82, 2.24) is 9.88 Å². The second-order valence-corrected chi connectivity index (χ2v) is 5.31. The number of fused-ring (bicyclic) bond motifs is 1. The van der Waals surface area contributed by atoms with Crippen LogP contribution in [0.25, 0.3) is 10.9 Å². The summed E-state index contributed by atoms with van der Waals surface area (Å²) in [7, 11) is 1.52. The van der Waals surface area contributed by atoms with Crippen molar-refractivity contribution in [3.63, 3.8) is 0 Å². The zero-order chi connectivity index (χ0) is 15.0. The van der Waals surface area contributed by atoms with E-state index >= 15 is 0 Å². The molecule has 1 aliphatic rings. The minimum atomic E-state index is -0.268. The summed E-state index contributed by atoms with van der Waals surface area (Å²) in [6.07, 6.45) is 3.68. The predicted molar refractivity (Wildman–Crippen MR) is 79.6 cm³/mol. The summed E-state index contributed by atoms with van der Waals surface area (Å²) < 4.78 is 18.5. The van der Waals surface area contributed by atoms with Crippen molar-refractivity contribution in [3.8, 4) is 5.75 Å². The van der Waals surface area contributed by atoms with Gasteiger partial charge in [0.25, 0.3) is 5.91 Å². The topological polar surface area (TPSA) is 45.3 Å². The zero-order valence-corrected chi connectivity index (χ0v) is 12.2. The average Bonchev–Trinajstić information content (AvgIpc) is 2.88. The number of amides is 1. The first-order valence-electron chi connectivity index (χ1n) is 6.58. The van der Waals surface area contributed by atoms with Crippen molar-refractivity contribution in [2.45, 2.75) is 6.42 Å². The smallest absolute Gasteiger partial charge is 0.256 e. The highest BCUT2D eigenvalue weighted by molar-refractivity contribution is 6.33. The summed E-state index contributed by atoms with van der Waals surface area (Å²) in [6.45, 7) is 0.542. The van der Waals surface area contributed by atoms with E-state index in [1.165, 1.54) is 18.1 Å². The normalized spacial score (nSPS) is 15.2. The van der Waals surface area contributed by atoms with Crippen LogP contribution in [0.2, 0.25) is 5.02 Å². The van der Waals surface area contributed by atoms with Crippen molar-refractivity contribution in [2.24, 2.45) is 0 Å².